The molecule has 3 heterocycles. The molecule has 2 bridgehead atoms. The Hall–Kier alpha value is -3.40. The molecule has 19 atom stereocenters. The molecule has 2 fully saturated rings. The standard InChI is InChI=1S/C48H75NO16/c1-28-18-16-14-12-10-8-6-7-9-11-13-15-17-19-36(64-47-45(58)43(49)29(2)31(4)63-47)25-40-42(46(59)60)39(55)27-48(61,65-40)26-35(52)23-38(54)37(53)21-20-33(50)22-34(51)24-41(56)62-32(5)30(3)44(28)57/h6-19,28-40,42-45,47,50-55,57-58,61H,20-27,49H2,1-5H3,(H,59,60)/b7-6+,10-8+,11-9+,14-12+,15-13+,18-16+,19-17+/t28-,29+,30-,31+,32-,33?,34+,35?,36-,37+,38+,39-,40?,42+,43-,44+,45+,47-,48+/m0/s1. The van der Waals surface area contributed by atoms with Gasteiger partial charge in [0, 0.05) is 43.6 Å². The van der Waals surface area contributed by atoms with Gasteiger partial charge < -0.3 is 75.7 Å². The van der Waals surface area contributed by atoms with Gasteiger partial charge in [-0.1, -0.05) is 106 Å². The van der Waals surface area contributed by atoms with E-state index < -0.39 is 141 Å². The van der Waals surface area contributed by atoms with Gasteiger partial charge in [-0.2, -0.15) is 0 Å². The second kappa shape index (κ2) is 27.4. The van der Waals surface area contributed by atoms with Crippen molar-refractivity contribution < 1.29 is 79.6 Å². The molecular formula is C48H75NO16. The molecule has 17 nitrogen and oxygen atoms in total. The molecule has 368 valence electrons. The highest BCUT2D eigenvalue weighted by Gasteiger charge is 2.51. The van der Waals surface area contributed by atoms with Gasteiger partial charge >= 0.3 is 11.9 Å². The minimum atomic E-state index is -2.29. The average Bonchev–Trinajstić information content (AvgIpc) is 3.21. The van der Waals surface area contributed by atoms with E-state index in [0.717, 1.165) is 0 Å². The monoisotopic (exact) mass is 922 g/mol. The second-order valence-corrected chi connectivity index (χ2v) is 17.9. The number of carbonyl (C=O) groups is 2. The third-order valence-corrected chi connectivity index (χ3v) is 12.5. The Balaban J connectivity index is 1.86. The molecule has 17 heteroatoms. The molecule has 3 aliphatic rings. The van der Waals surface area contributed by atoms with E-state index in [-0.39, 0.29) is 37.5 Å². The van der Waals surface area contributed by atoms with Crippen molar-refractivity contribution in [3.8, 4) is 0 Å². The topological polar surface area (TPSA) is 299 Å². The van der Waals surface area contributed by atoms with Crippen molar-refractivity contribution in [2.24, 2.45) is 29.4 Å². The maximum Gasteiger partial charge on any atom is 0.311 e. The first-order valence-corrected chi connectivity index (χ1v) is 22.6. The molecule has 3 aliphatic heterocycles. The molecule has 0 spiro atoms. The largest absolute Gasteiger partial charge is 0.481 e. The number of cyclic esters (lactones) is 1. The molecule has 0 aromatic heterocycles. The van der Waals surface area contributed by atoms with E-state index in [2.05, 4.69) is 0 Å². The maximum atomic E-state index is 12.6. The summed E-state index contributed by atoms with van der Waals surface area (Å²) in [6.45, 7) is 8.84. The molecule has 0 saturated carbocycles. The number of carboxylic acid groups (broad SMARTS) is 1. The van der Waals surface area contributed by atoms with Gasteiger partial charge in [-0.25, -0.2) is 0 Å². The molecular weight excluding hydrogens is 847 g/mol. The number of rotatable bonds is 3. The van der Waals surface area contributed by atoms with Crippen LogP contribution in [0.15, 0.2) is 85.1 Å². The Morgan fingerprint density at radius 3 is 1.82 bits per heavy atom. The number of carbonyl (C=O) groups excluding carboxylic acids is 1. The number of carboxylic acids is 1. The predicted octanol–water partition coefficient (Wildman–Crippen LogP) is 1.99. The number of aliphatic hydroxyl groups excluding tert-OH is 8. The van der Waals surface area contributed by atoms with Gasteiger partial charge in [-0.05, 0) is 39.0 Å². The van der Waals surface area contributed by atoms with Crippen LogP contribution in [0, 0.1) is 23.7 Å². The van der Waals surface area contributed by atoms with Crippen LogP contribution in [0.3, 0.4) is 0 Å². The maximum absolute atomic E-state index is 12.6. The third-order valence-electron chi connectivity index (χ3n) is 12.5. The number of nitrogens with two attached hydrogens (primary N) is 1. The molecule has 0 aliphatic carbocycles. The molecule has 0 aromatic carbocycles. The van der Waals surface area contributed by atoms with Crippen molar-refractivity contribution in [3.05, 3.63) is 85.1 Å². The molecule has 12 N–H and O–H groups in total. The van der Waals surface area contributed by atoms with Gasteiger partial charge in [0.05, 0.1) is 67.5 Å². The number of hydrogen-bond donors (Lipinski definition) is 11. The van der Waals surface area contributed by atoms with E-state index in [4.69, 9.17) is 24.7 Å². The quantitative estimate of drug-likeness (QED) is 0.180. The number of aliphatic carboxylic acids is 1. The van der Waals surface area contributed by atoms with Crippen molar-refractivity contribution in [1.82, 2.24) is 0 Å². The molecule has 3 unspecified atom stereocenters. The highest BCUT2D eigenvalue weighted by Crippen LogP contribution is 2.38. The highest BCUT2D eigenvalue weighted by atomic mass is 16.7. The van der Waals surface area contributed by atoms with E-state index in [9.17, 15) is 60.7 Å². The van der Waals surface area contributed by atoms with Crippen LogP contribution in [0.25, 0.3) is 0 Å². The SMILES string of the molecule is C[C@@H]1[C@H](O)[C@@H](C)/C=C/C=C/C=C/C=C/C=C/C=C/C=C/[C@H](O[C@@H]2O[C@H](C)[C@@H](C)[C@H](N)[C@H]2O)CC2O[C@](O)(CC(O)C[C@@H](O)[C@H](O)CCC(O)C[C@@H](O)CC(=O)O[C@H]1C)C[C@H](O)[C@H]2C(=O)O. The zero-order valence-electron chi connectivity index (χ0n) is 38.1. The summed E-state index contributed by atoms with van der Waals surface area (Å²) in [5, 5.41) is 108. The summed E-state index contributed by atoms with van der Waals surface area (Å²) in [5.41, 5.74) is 6.27. The van der Waals surface area contributed by atoms with Crippen molar-refractivity contribution >= 4 is 11.9 Å². The number of ether oxygens (including phenoxy) is 4. The lowest BCUT2D eigenvalue weighted by Gasteiger charge is -2.45. The normalized spacial score (nSPS) is 45.5. The van der Waals surface area contributed by atoms with Crippen LogP contribution >= 0.6 is 0 Å². The Bertz CT molecular complexity index is 1660. The number of esters is 1. The van der Waals surface area contributed by atoms with Crippen LogP contribution in [-0.4, -0.2) is 154 Å². The zero-order valence-corrected chi connectivity index (χ0v) is 38.1. The van der Waals surface area contributed by atoms with Crippen LogP contribution in [0.5, 0.6) is 0 Å². The Kier molecular flexibility index (Phi) is 23.6. The van der Waals surface area contributed by atoms with Crippen LogP contribution < -0.4 is 5.73 Å². The summed E-state index contributed by atoms with van der Waals surface area (Å²) in [4.78, 5) is 25.1. The van der Waals surface area contributed by atoms with Gasteiger partial charge in [-0.15, -0.1) is 0 Å². The highest BCUT2D eigenvalue weighted by molar-refractivity contribution is 5.71. The van der Waals surface area contributed by atoms with E-state index >= 15 is 0 Å². The number of allylic oxidation sites excluding steroid dienone is 12. The van der Waals surface area contributed by atoms with Gasteiger partial charge in [0.1, 0.15) is 18.1 Å². The third kappa shape index (κ3) is 18.7. The van der Waals surface area contributed by atoms with Crippen LogP contribution in [0.4, 0.5) is 0 Å². The molecule has 0 amide bonds. The van der Waals surface area contributed by atoms with Gasteiger partial charge in [0.2, 0.25) is 0 Å². The lowest BCUT2D eigenvalue weighted by molar-refractivity contribution is -0.307. The Morgan fingerprint density at radius 2 is 1.23 bits per heavy atom. The number of fused-ring (bicyclic) bond motifs is 2. The minimum Gasteiger partial charge on any atom is -0.481 e. The lowest BCUT2D eigenvalue weighted by Crippen LogP contribution is -2.58. The number of aliphatic hydroxyl groups is 9. The van der Waals surface area contributed by atoms with Crippen LogP contribution in [0.1, 0.15) is 86.0 Å². The summed E-state index contributed by atoms with van der Waals surface area (Å²) >= 11 is 0. The molecule has 0 radical (unpaired) electrons. The minimum absolute atomic E-state index is 0.0948. The van der Waals surface area contributed by atoms with Crippen LogP contribution in [0.2, 0.25) is 0 Å². The fourth-order valence-corrected chi connectivity index (χ4v) is 8.12. The summed E-state index contributed by atoms with van der Waals surface area (Å²) in [6, 6.07) is -0.704. The average molecular weight is 922 g/mol. The fourth-order valence-electron chi connectivity index (χ4n) is 8.12. The predicted molar refractivity (Wildman–Crippen MR) is 240 cm³/mol. The van der Waals surface area contributed by atoms with Crippen molar-refractivity contribution in [2.45, 2.75) is 177 Å². The smallest absolute Gasteiger partial charge is 0.311 e. The number of hydrogen-bond acceptors (Lipinski definition) is 16. The second-order valence-electron chi connectivity index (χ2n) is 17.9. The van der Waals surface area contributed by atoms with Crippen molar-refractivity contribution in [1.29, 1.82) is 0 Å². The molecule has 2 saturated heterocycles. The van der Waals surface area contributed by atoms with E-state index in [0.29, 0.717) is 0 Å². The Labute approximate surface area is 382 Å². The van der Waals surface area contributed by atoms with Crippen molar-refractivity contribution in [2.75, 3.05) is 0 Å². The van der Waals surface area contributed by atoms with Crippen molar-refractivity contribution in [3.63, 3.8) is 0 Å². The molecule has 65 heavy (non-hydrogen) atoms. The summed E-state index contributed by atoms with van der Waals surface area (Å²) in [6.07, 6.45) is 6.31. The first-order chi connectivity index (χ1) is 30.6. The fraction of sp³-hybridized carbons (Fsp3) is 0.667. The van der Waals surface area contributed by atoms with Gasteiger partial charge in [0.15, 0.2) is 12.1 Å². The first-order valence-electron chi connectivity index (χ1n) is 22.6. The van der Waals surface area contributed by atoms with E-state index in [1.165, 1.54) is 0 Å². The van der Waals surface area contributed by atoms with E-state index in [1.54, 1.807) is 69.4 Å². The summed E-state index contributed by atoms with van der Waals surface area (Å²) < 4.78 is 23.6. The van der Waals surface area contributed by atoms with Gasteiger partial charge in [-0.3, -0.25) is 9.59 Å². The molecule has 0 aromatic rings. The summed E-state index contributed by atoms with van der Waals surface area (Å²) in [5.74, 6) is -6.91. The first kappa shape index (κ1) is 55.9. The Morgan fingerprint density at radius 1 is 0.662 bits per heavy atom. The zero-order chi connectivity index (χ0) is 48.4. The van der Waals surface area contributed by atoms with Gasteiger partial charge in [0.25, 0.3) is 0 Å². The lowest BCUT2D eigenvalue weighted by atomic mass is 9.82. The van der Waals surface area contributed by atoms with E-state index in [1.807, 2.05) is 50.3 Å². The molecule has 3 rings (SSSR count). The summed E-state index contributed by atoms with van der Waals surface area (Å²) in [7, 11) is 0. The van der Waals surface area contributed by atoms with Crippen LogP contribution in [-0.2, 0) is 28.5 Å².